The molecule has 1 unspecified atom stereocenters. The lowest BCUT2D eigenvalue weighted by atomic mass is 9.99. The van der Waals surface area contributed by atoms with Crippen LogP contribution in [0.4, 0.5) is 5.69 Å². The molecule has 0 aromatic heterocycles. The Kier molecular flexibility index (Phi) is 3.79. The Morgan fingerprint density at radius 2 is 2.11 bits per heavy atom. The molecule has 1 saturated carbocycles. The van der Waals surface area contributed by atoms with Gasteiger partial charge >= 0.3 is 0 Å². The van der Waals surface area contributed by atoms with Gasteiger partial charge < -0.3 is 10.2 Å². The van der Waals surface area contributed by atoms with Crippen molar-refractivity contribution in [3.8, 4) is 0 Å². The molecule has 0 spiro atoms. The molecular weight excluding hydrogens is 232 g/mol. The van der Waals surface area contributed by atoms with Gasteiger partial charge in [-0.2, -0.15) is 0 Å². The van der Waals surface area contributed by atoms with Gasteiger partial charge in [-0.05, 0) is 56.3 Å². The van der Waals surface area contributed by atoms with E-state index in [2.05, 4.69) is 42.4 Å². The Balaban J connectivity index is 1.80. The van der Waals surface area contributed by atoms with Gasteiger partial charge in [0.2, 0.25) is 0 Å². The van der Waals surface area contributed by atoms with Crippen LogP contribution in [0.3, 0.4) is 0 Å². The molecule has 0 radical (unpaired) electrons. The Labute approximate surface area is 117 Å². The molecule has 104 valence electrons. The van der Waals surface area contributed by atoms with Crippen LogP contribution in [0.15, 0.2) is 18.2 Å². The van der Waals surface area contributed by atoms with Crippen LogP contribution in [0.25, 0.3) is 0 Å². The van der Waals surface area contributed by atoms with Gasteiger partial charge in [0.25, 0.3) is 0 Å². The predicted octanol–water partition coefficient (Wildman–Crippen LogP) is 3.52. The third-order valence-electron chi connectivity index (χ3n) is 5.01. The van der Waals surface area contributed by atoms with Crippen molar-refractivity contribution in [1.82, 2.24) is 5.32 Å². The van der Waals surface area contributed by atoms with E-state index in [1.165, 1.54) is 56.4 Å². The first-order valence-electron chi connectivity index (χ1n) is 7.83. The highest BCUT2D eigenvalue weighted by atomic mass is 15.1. The third kappa shape index (κ3) is 2.51. The molecule has 1 N–H and O–H groups in total. The Bertz CT molecular complexity index is 435. The van der Waals surface area contributed by atoms with E-state index < -0.39 is 0 Å². The molecule has 19 heavy (non-hydrogen) atoms. The van der Waals surface area contributed by atoms with E-state index in [0.29, 0.717) is 6.04 Å². The molecule has 0 saturated heterocycles. The number of nitrogens with zero attached hydrogens (tertiary/aromatic N) is 1. The van der Waals surface area contributed by atoms with E-state index in [1.54, 1.807) is 5.56 Å². The van der Waals surface area contributed by atoms with Crippen LogP contribution < -0.4 is 10.2 Å². The fourth-order valence-electron chi connectivity index (χ4n) is 3.78. The first-order chi connectivity index (χ1) is 9.29. The predicted molar refractivity (Wildman–Crippen MR) is 81.8 cm³/mol. The molecule has 0 bridgehead atoms. The summed E-state index contributed by atoms with van der Waals surface area (Å²) in [6.45, 7) is 4.76. The number of rotatable bonds is 4. The number of fused-ring (bicyclic) bond motifs is 1. The lowest BCUT2D eigenvalue weighted by molar-refractivity contribution is 0.538. The number of nitrogens with one attached hydrogen (secondary N) is 1. The largest absolute Gasteiger partial charge is 0.371 e. The maximum absolute atomic E-state index is 3.38. The summed E-state index contributed by atoms with van der Waals surface area (Å²) in [5, 5.41) is 3.38. The summed E-state index contributed by atoms with van der Waals surface area (Å²) in [6.07, 6.45) is 7.01. The van der Waals surface area contributed by atoms with Crippen molar-refractivity contribution in [2.75, 3.05) is 25.0 Å². The molecule has 2 nitrogen and oxygen atoms in total. The molecule has 2 aliphatic rings. The summed E-state index contributed by atoms with van der Waals surface area (Å²) in [5.74, 6) is 0.941. The van der Waals surface area contributed by atoms with E-state index in [4.69, 9.17) is 0 Å². The number of hydrogen-bond donors (Lipinski definition) is 1. The van der Waals surface area contributed by atoms with Crippen LogP contribution in [0, 0.1) is 5.92 Å². The fourth-order valence-corrected chi connectivity index (χ4v) is 3.78. The Morgan fingerprint density at radius 1 is 1.32 bits per heavy atom. The van der Waals surface area contributed by atoms with Crippen molar-refractivity contribution < 1.29 is 0 Å². The molecule has 0 amide bonds. The second-order valence-corrected chi connectivity index (χ2v) is 6.20. The lowest BCUT2D eigenvalue weighted by Gasteiger charge is -2.24. The maximum atomic E-state index is 3.38. The van der Waals surface area contributed by atoms with Gasteiger partial charge in [0, 0.05) is 24.8 Å². The lowest BCUT2D eigenvalue weighted by Crippen LogP contribution is -2.26. The minimum atomic E-state index is 0.460. The molecule has 1 atom stereocenters. The molecule has 1 fully saturated rings. The van der Waals surface area contributed by atoms with Gasteiger partial charge in [0.1, 0.15) is 0 Å². The summed E-state index contributed by atoms with van der Waals surface area (Å²) >= 11 is 0. The van der Waals surface area contributed by atoms with Gasteiger partial charge in [-0.1, -0.05) is 25.0 Å². The monoisotopic (exact) mass is 258 g/mol. The summed E-state index contributed by atoms with van der Waals surface area (Å²) < 4.78 is 0. The van der Waals surface area contributed by atoms with Crippen LogP contribution in [0.5, 0.6) is 0 Å². The highest BCUT2D eigenvalue weighted by Crippen LogP contribution is 2.35. The van der Waals surface area contributed by atoms with Crippen LogP contribution in [-0.2, 0) is 6.42 Å². The topological polar surface area (TPSA) is 15.3 Å². The quantitative estimate of drug-likeness (QED) is 0.889. The van der Waals surface area contributed by atoms with E-state index in [9.17, 15) is 0 Å². The first-order valence-corrected chi connectivity index (χ1v) is 7.83. The second-order valence-electron chi connectivity index (χ2n) is 6.20. The van der Waals surface area contributed by atoms with Gasteiger partial charge in [-0.3, -0.25) is 0 Å². The Hall–Kier alpha value is -1.02. The van der Waals surface area contributed by atoms with Crippen LogP contribution in [0.2, 0.25) is 0 Å². The molecule has 1 aliphatic carbocycles. The van der Waals surface area contributed by atoms with Crippen molar-refractivity contribution in [2.45, 2.75) is 45.1 Å². The molecule has 1 aliphatic heterocycles. The second kappa shape index (κ2) is 5.54. The van der Waals surface area contributed by atoms with Gasteiger partial charge in [-0.25, -0.2) is 0 Å². The van der Waals surface area contributed by atoms with Gasteiger partial charge in [0.05, 0.1) is 0 Å². The summed E-state index contributed by atoms with van der Waals surface area (Å²) in [5.41, 5.74) is 4.59. The number of hydrogen-bond acceptors (Lipinski definition) is 2. The Morgan fingerprint density at radius 3 is 2.84 bits per heavy atom. The first kappa shape index (κ1) is 13.0. The SMILES string of the molecule is CNC(C)c1cccc2c1CCN2CC1CCCC1. The molecule has 1 heterocycles. The number of benzene rings is 1. The van der Waals surface area contributed by atoms with Gasteiger partial charge in [-0.15, -0.1) is 0 Å². The van der Waals surface area contributed by atoms with E-state index in [0.717, 1.165) is 5.92 Å². The van der Waals surface area contributed by atoms with Crippen molar-refractivity contribution in [2.24, 2.45) is 5.92 Å². The molecule has 2 heteroatoms. The van der Waals surface area contributed by atoms with Gasteiger partial charge in [0.15, 0.2) is 0 Å². The molecule has 3 rings (SSSR count). The fraction of sp³-hybridized carbons (Fsp3) is 0.647. The minimum absolute atomic E-state index is 0.460. The van der Waals surface area contributed by atoms with E-state index >= 15 is 0 Å². The number of anilines is 1. The zero-order valence-electron chi connectivity index (χ0n) is 12.3. The standard InChI is InChI=1S/C17H26N2/c1-13(18-2)15-8-5-9-17-16(15)10-11-19(17)12-14-6-3-4-7-14/h5,8-9,13-14,18H,3-4,6-7,10-12H2,1-2H3. The van der Waals surface area contributed by atoms with Crippen LogP contribution in [0.1, 0.15) is 49.8 Å². The smallest absolute Gasteiger partial charge is 0.0403 e. The summed E-state index contributed by atoms with van der Waals surface area (Å²) in [7, 11) is 2.05. The van der Waals surface area contributed by atoms with Crippen molar-refractivity contribution >= 4 is 5.69 Å². The summed E-state index contributed by atoms with van der Waals surface area (Å²) in [6, 6.07) is 7.30. The van der Waals surface area contributed by atoms with E-state index in [-0.39, 0.29) is 0 Å². The van der Waals surface area contributed by atoms with Crippen LogP contribution >= 0.6 is 0 Å². The van der Waals surface area contributed by atoms with Crippen molar-refractivity contribution in [1.29, 1.82) is 0 Å². The summed E-state index contributed by atoms with van der Waals surface area (Å²) in [4.78, 5) is 2.64. The van der Waals surface area contributed by atoms with Crippen molar-refractivity contribution in [3.63, 3.8) is 0 Å². The maximum Gasteiger partial charge on any atom is 0.0403 e. The highest BCUT2D eigenvalue weighted by Gasteiger charge is 2.26. The average molecular weight is 258 g/mol. The molecule has 1 aromatic carbocycles. The zero-order valence-corrected chi connectivity index (χ0v) is 12.3. The average Bonchev–Trinajstić information content (AvgIpc) is 3.08. The minimum Gasteiger partial charge on any atom is -0.371 e. The van der Waals surface area contributed by atoms with Crippen molar-refractivity contribution in [3.05, 3.63) is 29.3 Å². The normalized spacial score (nSPS) is 20.8. The molecular formula is C17H26N2. The van der Waals surface area contributed by atoms with E-state index in [1.807, 2.05) is 0 Å². The zero-order chi connectivity index (χ0) is 13.2. The molecule has 1 aromatic rings. The third-order valence-corrected chi connectivity index (χ3v) is 5.01. The highest BCUT2D eigenvalue weighted by molar-refractivity contribution is 5.61. The van der Waals surface area contributed by atoms with Crippen LogP contribution in [-0.4, -0.2) is 20.1 Å².